The Bertz CT molecular complexity index is 347. The summed E-state index contributed by atoms with van der Waals surface area (Å²) in [4.78, 5) is 2.62. The smallest absolute Gasteiger partial charge is 0.115 e. The quantitative estimate of drug-likeness (QED) is 0.861. The molecule has 1 N–H and O–H groups in total. The number of benzene rings is 1. The summed E-state index contributed by atoms with van der Waals surface area (Å²) in [5.41, 5.74) is 1.33. The fourth-order valence-electron chi connectivity index (χ4n) is 2.86. The molecule has 2 rings (SSSR count). The Hall–Kier alpha value is -1.02. The molecular weight excluding hydrogens is 222 g/mol. The van der Waals surface area contributed by atoms with Gasteiger partial charge < -0.3 is 10.0 Å². The second-order valence-corrected chi connectivity index (χ2v) is 5.49. The molecule has 0 radical (unpaired) electrons. The van der Waals surface area contributed by atoms with Crippen LogP contribution in [0, 0.1) is 5.92 Å². The third-order valence-electron chi connectivity index (χ3n) is 4.06. The molecule has 1 atom stereocenters. The van der Waals surface area contributed by atoms with E-state index in [1.54, 1.807) is 12.1 Å². The maximum atomic E-state index is 9.23. The molecule has 2 nitrogen and oxygen atoms in total. The number of aryl methyl sites for hydroxylation is 1. The Kier molecular flexibility index (Phi) is 5.06. The van der Waals surface area contributed by atoms with Crippen LogP contribution in [0.25, 0.3) is 0 Å². The highest BCUT2D eigenvalue weighted by Gasteiger charge is 2.17. The molecule has 1 unspecified atom stereocenters. The number of piperidine rings is 1. The molecule has 1 heterocycles. The third-order valence-corrected chi connectivity index (χ3v) is 4.06. The van der Waals surface area contributed by atoms with Gasteiger partial charge in [0.15, 0.2) is 0 Å². The number of nitrogens with zero attached hydrogens (tertiary/aromatic N) is 1. The maximum Gasteiger partial charge on any atom is 0.115 e. The zero-order valence-electron chi connectivity index (χ0n) is 11.4. The number of rotatable bonds is 5. The molecule has 18 heavy (non-hydrogen) atoms. The minimum Gasteiger partial charge on any atom is -0.508 e. The van der Waals surface area contributed by atoms with Crippen LogP contribution in [-0.4, -0.2) is 29.6 Å². The monoisotopic (exact) mass is 247 g/mol. The predicted molar refractivity (Wildman–Crippen MR) is 75.9 cm³/mol. The minimum absolute atomic E-state index is 0.362. The summed E-state index contributed by atoms with van der Waals surface area (Å²) < 4.78 is 0. The largest absolute Gasteiger partial charge is 0.508 e. The standard InChI is InChI=1S/C16H25NO/c1-2-14-5-3-11-17(13-14)12-4-6-15-7-9-16(18)10-8-15/h7-10,14,18H,2-6,11-13H2,1H3. The number of likely N-dealkylation sites (tertiary alicyclic amines) is 1. The molecule has 1 aromatic carbocycles. The van der Waals surface area contributed by atoms with Gasteiger partial charge in [0.2, 0.25) is 0 Å². The lowest BCUT2D eigenvalue weighted by Crippen LogP contribution is -2.35. The van der Waals surface area contributed by atoms with E-state index in [0.717, 1.165) is 12.3 Å². The number of hydrogen-bond donors (Lipinski definition) is 1. The van der Waals surface area contributed by atoms with Gasteiger partial charge in [0.1, 0.15) is 5.75 Å². The van der Waals surface area contributed by atoms with E-state index >= 15 is 0 Å². The van der Waals surface area contributed by atoms with Crippen molar-refractivity contribution in [1.82, 2.24) is 4.90 Å². The minimum atomic E-state index is 0.362. The average Bonchev–Trinajstić information content (AvgIpc) is 2.41. The summed E-state index contributed by atoms with van der Waals surface area (Å²) in [6, 6.07) is 7.62. The SMILES string of the molecule is CCC1CCCN(CCCc2ccc(O)cc2)C1. The van der Waals surface area contributed by atoms with Crippen molar-refractivity contribution >= 4 is 0 Å². The highest BCUT2D eigenvalue weighted by atomic mass is 16.3. The summed E-state index contributed by atoms with van der Waals surface area (Å²) in [5, 5.41) is 9.23. The molecule has 0 saturated carbocycles. The van der Waals surface area contributed by atoms with E-state index in [9.17, 15) is 5.11 Å². The molecule has 0 amide bonds. The van der Waals surface area contributed by atoms with Gasteiger partial charge in [0.05, 0.1) is 0 Å². The molecule has 100 valence electrons. The second kappa shape index (κ2) is 6.79. The summed E-state index contributed by atoms with van der Waals surface area (Å²) >= 11 is 0. The van der Waals surface area contributed by atoms with Crippen LogP contribution in [0.4, 0.5) is 0 Å². The van der Waals surface area contributed by atoms with Crippen molar-refractivity contribution in [2.75, 3.05) is 19.6 Å². The van der Waals surface area contributed by atoms with Crippen molar-refractivity contribution < 1.29 is 5.11 Å². The zero-order chi connectivity index (χ0) is 12.8. The number of phenols is 1. The van der Waals surface area contributed by atoms with E-state index in [0.29, 0.717) is 5.75 Å². The molecule has 1 aliphatic rings. The summed E-state index contributed by atoms with van der Waals surface area (Å²) in [6.45, 7) is 6.11. The van der Waals surface area contributed by atoms with Gasteiger partial charge in [-0.05, 0) is 62.4 Å². The van der Waals surface area contributed by atoms with Gasteiger partial charge in [0.25, 0.3) is 0 Å². The first-order valence-corrected chi connectivity index (χ1v) is 7.28. The van der Waals surface area contributed by atoms with E-state index in [1.807, 2.05) is 12.1 Å². The summed E-state index contributed by atoms with van der Waals surface area (Å²) in [7, 11) is 0. The molecule has 0 bridgehead atoms. The first-order valence-electron chi connectivity index (χ1n) is 7.28. The molecule has 0 aromatic heterocycles. The van der Waals surface area contributed by atoms with E-state index in [-0.39, 0.29) is 0 Å². The average molecular weight is 247 g/mol. The number of hydrogen-bond acceptors (Lipinski definition) is 2. The van der Waals surface area contributed by atoms with E-state index < -0.39 is 0 Å². The van der Waals surface area contributed by atoms with Crippen LogP contribution < -0.4 is 0 Å². The van der Waals surface area contributed by atoms with Gasteiger partial charge in [-0.3, -0.25) is 0 Å². The second-order valence-electron chi connectivity index (χ2n) is 5.49. The highest BCUT2D eigenvalue weighted by Crippen LogP contribution is 2.19. The molecule has 1 fully saturated rings. The fourth-order valence-corrected chi connectivity index (χ4v) is 2.86. The Morgan fingerprint density at radius 2 is 2.06 bits per heavy atom. The first-order chi connectivity index (χ1) is 8.78. The van der Waals surface area contributed by atoms with Crippen molar-refractivity contribution in [3.8, 4) is 5.75 Å². The molecule has 1 aromatic rings. The number of aromatic hydroxyl groups is 1. The van der Waals surface area contributed by atoms with Crippen LogP contribution in [-0.2, 0) is 6.42 Å². The Labute approximate surface area is 111 Å². The summed E-state index contributed by atoms with van der Waals surface area (Å²) in [5.74, 6) is 1.29. The summed E-state index contributed by atoms with van der Waals surface area (Å²) in [6.07, 6.45) is 6.46. The van der Waals surface area contributed by atoms with Crippen LogP contribution in [0.15, 0.2) is 24.3 Å². The first kappa shape index (κ1) is 13.4. The van der Waals surface area contributed by atoms with E-state index in [2.05, 4.69) is 11.8 Å². The van der Waals surface area contributed by atoms with Crippen LogP contribution in [0.1, 0.15) is 38.2 Å². The topological polar surface area (TPSA) is 23.5 Å². The Morgan fingerprint density at radius 1 is 1.28 bits per heavy atom. The molecule has 1 saturated heterocycles. The molecule has 1 aliphatic heterocycles. The molecule has 2 heteroatoms. The lowest BCUT2D eigenvalue weighted by molar-refractivity contribution is 0.170. The van der Waals surface area contributed by atoms with Crippen molar-refractivity contribution in [3.05, 3.63) is 29.8 Å². The normalized spacial score (nSPS) is 21.1. The van der Waals surface area contributed by atoms with E-state index in [1.165, 1.54) is 50.9 Å². The van der Waals surface area contributed by atoms with Gasteiger partial charge in [-0.1, -0.05) is 25.5 Å². The molecule has 0 spiro atoms. The van der Waals surface area contributed by atoms with Gasteiger partial charge >= 0.3 is 0 Å². The van der Waals surface area contributed by atoms with Gasteiger partial charge in [-0.15, -0.1) is 0 Å². The van der Waals surface area contributed by atoms with Crippen LogP contribution in [0.3, 0.4) is 0 Å². The molecular formula is C16H25NO. The lowest BCUT2D eigenvalue weighted by Gasteiger charge is -2.32. The highest BCUT2D eigenvalue weighted by molar-refractivity contribution is 5.25. The third kappa shape index (κ3) is 4.02. The van der Waals surface area contributed by atoms with Crippen LogP contribution >= 0.6 is 0 Å². The van der Waals surface area contributed by atoms with Crippen LogP contribution in [0.5, 0.6) is 5.75 Å². The maximum absolute atomic E-state index is 9.23. The van der Waals surface area contributed by atoms with Gasteiger partial charge in [-0.25, -0.2) is 0 Å². The predicted octanol–water partition coefficient (Wildman–Crippen LogP) is 3.45. The zero-order valence-corrected chi connectivity index (χ0v) is 11.4. The number of phenolic OH excluding ortho intramolecular Hbond substituents is 1. The molecule has 0 aliphatic carbocycles. The van der Waals surface area contributed by atoms with Gasteiger partial charge in [0, 0.05) is 6.54 Å². The van der Waals surface area contributed by atoms with Gasteiger partial charge in [-0.2, -0.15) is 0 Å². The van der Waals surface area contributed by atoms with Crippen LogP contribution in [0.2, 0.25) is 0 Å². The van der Waals surface area contributed by atoms with Crippen molar-refractivity contribution in [3.63, 3.8) is 0 Å². The lowest BCUT2D eigenvalue weighted by atomic mass is 9.95. The van der Waals surface area contributed by atoms with E-state index in [4.69, 9.17) is 0 Å². The van der Waals surface area contributed by atoms with Crippen molar-refractivity contribution in [2.24, 2.45) is 5.92 Å². The van der Waals surface area contributed by atoms with Crippen molar-refractivity contribution in [2.45, 2.75) is 39.0 Å². The fraction of sp³-hybridized carbons (Fsp3) is 0.625. The Balaban J connectivity index is 1.70. The Morgan fingerprint density at radius 3 is 2.78 bits per heavy atom. The van der Waals surface area contributed by atoms with Crippen molar-refractivity contribution in [1.29, 1.82) is 0 Å².